The molecule has 0 unspecified atom stereocenters. The van der Waals surface area contributed by atoms with Crippen LogP contribution in [0.1, 0.15) is 29.8 Å². The molecule has 1 amide bonds. The molecule has 0 aliphatic carbocycles. The second-order valence-electron chi connectivity index (χ2n) is 4.42. The van der Waals surface area contributed by atoms with Crippen molar-refractivity contribution in [2.75, 3.05) is 7.05 Å². The second kappa shape index (κ2) is 6.13. The molecule has 0 heterocycles. The van der Waals surface area contributed by atoms with Crippen molar-refractivity contribution in [2.24, 2.45) is 0 Å². The number of halogens is 1. The fourth-order valence-corrected chi connectivity index (χ4v) is 1.40. The van der Waals surface area contributed by atoms with Crippen molar-refractivity contribution in [3.63, 3.8) is 0 Å². The number of amides is 1. The summed E-state index contributed by atoms with van der Waals surface area (Å²) in [6.45, 7) is 3.65. The van der Waals surface area contributed by atoms with Crippen molar-refractivity contribution in [3.8, 4) is 0 Å². The predicted molar refractivity (Wildman–Crippen MR) is 70.3 cm³/mol. The average molecular weight is 265 g/mol. The molecule has 0 bridgehead atoms. The van der Waals surface area contributed by atoms with E-state index in [-0.39, 0.29) is 11.6 Å². The Morgan fingerprint density at radius 3 is 2.53 bits per heavy atom. The van der Waals surface area contributed by atoms with E-state index in [1.54, 1.807) is 7.05 Å². The Hall–Kier alpha value is -2.17. The van der Waals surface area contributed by atoms with E-state index >= 15 is 0 Å². The van der Waals surface area contributed by atoms with Gasteiger partial charge in [0.1, 0.15) is 5.82 Å². The SMILES string of the molecule is CC(C)N(C)C(=O)c1cc(C=CC(=O)O)ccc1F. The Balaban J connectivity index is 3.10. The Morgan fingerprint density at radius 2 is 2.00 bits per heavy atom. The zero-order valence-corrected chi connectivity index (χ0v) is 11.1. The standard InChI is InChI=1S/C14H16FNO3/c1-9(2)16(3)14(19)11-8-10(4-6-12(11)15)5-7-13(17)18/h4-9H,1-3H3,(H,17,18). The van der Waals surface area contributed by atoms with Gasteiger partial charge in [-0.05, 0) is 37.6 Å². The first-order valence-corrected chi connectivity index (χ1v) is 5.80. The number of hydrogen-bond acceptors (Lipinski definition) is 2. The molecular weight excluding hydrogens is 249 g/mol. The van der Waals surface area contributed by atoms with Crippen LogP contribution in [0.5, 0.6) is 0 Å². The van der Waals surface area contributed by atoms with Crippen molar-refractivity contribution in [2.45, 2.75) is 19.9 Å². The highest BCUT2D eigenvalue weighted by atomic mass is 19.1. The van der Waals surface area contributed by atoms with Gasteiger partial charge in [-0.3, -0.25) is 4.79 Å². The summed E-state index contributed by atoms with van der Waals surface area (Å²) in [5.74, 6) is -2.15. The summed E-state index contributed by atoms with van der Waals surface area (Å²) in [6.07, 6.45) is 2.25. The molecule has 0 aromatic heterocycles. The van der Waals surface area contributed by atoms with E-state index in [9.17, 15) is 14.0 Å². The summed E-state index contributed by atoms with van der Waals surface area (Å²) < 4.78 is 13.7. The summed E-state index contributed by atoms with van der Waals surface area (Å²) in [7, 11) is 1.59. The van der Waals surface area contributed by atoms with E-state index in [0.29, 0.717) is 5.56 Å². The van der Waals surface area contributed by atoms with Gasteiger partial charge in [0.2, 0.25) is 0 Å². The third kappa shape index (κ3) is 3.91. The Labute approximate surface area is 111 Å². The first-order valence-electron chi connectivity index (χ1n) is 5.80. The van der Waals surface area contributed by atoms with E-state index in [0.717, 1.165) is 12.1 Å². The van der Waals surface area contributed by atoms with Crippen molar-refractivity contribution in [1.29, 1.82) is 0 Å². The molecule has 1 aromatic rings. The minimum absolute atomic E-state index is 0.0508. The molecule has 0 saturated heterocycles. The second-order valence-corrected chi connectivity index (χ2v) is 4.42. The number of carboxylic acids is 1. The van der Waals surface area contributed by atoms with Gasteiger partial charge < -0.3 is 10.0 Å². The van der Waals surface area contributed by atoms with Crippen LogP contribution in [-0.2, 0) is 4.79 Å². The lowest BCUT2D eigenvalue weighted by Crippen LogP contribution is -2.33. The number of benzene rings is 1. The van der Waals surface area contributed by atoms with Crippen LogP contribution in [-0.4, -0.2) is 35.0 Å². The van der Waals surface area contributed by atoms with Crippen molar-refractivity contribution in [1.82, 2.24) is 4.90 Å². The van der Waals surface area contributed by atoms with Gasteiger partial charge in [-0.25, -0.2) is 9.18 Å². The summed E-state index contributed by atoms with van der Waals surface area (Å²) in [5, 5.41) is 8.53. The average Bonchev–Trinajstić information content (AvgIpc) is 2.35. The molecule has 0 aliphatic heterocycles. The molecule has 0 aliphatic rings. The van der Waals surface area contributed by atoms with Gasteiger partial charge in [0.15, 0.2) is 0 Å². The highest BCUT2D eigenvalue weighted by Crippen LogP contribution is 2.15. The maximum Gasteiger partial charge on any atom is 0.328 e. The number of carbonyl (C=O) groups excluding carboxylic acids is 1. The Kier molecular flexibility index (Phi) is 4.80. The number of carboxylic acid groups (broad SMARTS) is 1. The van der Waals surface area contributed by atoms with Crippen LogP contribution >= 0.6 is 0 Å². The summed E-state index contributed by atoms with van der Waals surface area (Å²) in [6, 6.07) is 3.87. The third-order valence-corrected chi connectivity index (χ3v) is 2.73. The minimum Gasteiger partial charge on any atom is -0.478 e. The lowest BCUT2D eigenvalue weighted by atomic mass is 10.1. The summed E-state index contributed by atoms with van der Waals surface area (Å²) >= 11 is 0. The summed E-state index contributed by atoms with van der Waals surface area (Å²) in [5.41, 5.74) is 0.396. The maximum atomic E-state index is 13.7. The number of nitrogens with zero attached hydrogens (tertiary/aromatic N) is 1. The first kappa shape index (κ1) is 14.9. The first-order chi connectivity index (χ1) is 8.82. The minimum atomic E-state index is -1.10. The topological polar surface area (TPSA) is 57.6 Å². The molecule has 0 saturated carbocycles. The van der Waals surface area contributed by atoms with Gasteiger partial charge in [0.25, 0.3) is 5.91 Å². The summed E-state index contributed by atoms with van der Waals surface area (Å²) in [4.78, 5) is 23.9. The van der Waals surface area contributed by atoms with Crippen LogP contribution in [0.15, 0.2) is 24.3 Å². The lowest BCUT2D eigenvalue weighted by Gasteiger charge is -2.21. The van der Waals surface area contributed by atoms with Crippen LogP contribution in [0.4, 0.5) is 4.39 Å². The van der Waals surface area contributed by atoms with Crippen LogP contribution in [0.2, 0.25) is 0 Å². The van der Waals surface area contributed by atoms with Gasteiger partial charge >= 0.3 is 5.97 Å². The molecular formula is C14H16FNO3. The molecule has 4 nitrogen and oxygen atoms in total. The van der Waals surface area contributed by atoms with E-state index < -0.39 is 17.7 Å². The number of carbonyl (C=O) groups is 2. The Morgan fingerprint density at radius 1 is 1.37 bits per heavy atom. The molecule has 102 valence electrons. The molecule has 1 N–H and O–H groups in total. The largest absolute Gasteiger partial charge is 0.478 e. The molecule has 0 spiro atoms. The van der Waals surface area contributed by atoms with Crippen LogP contribution < -0.4 is 0 Å². The fourth-order valence-electron chi connectivity index (χ4n) is 1.40. The van der Waals surface area contributed by atoms with Crippen LogP contribution in [0.3, 0.4) is 0 Å². The highest BCUT2D eigenvalue weighted by molar-refractivity contribution is 5.95. The van der Waals surface area contributed by atoms with Crippen molar-refractivity contribution < 1.29 is 19.1 Å². The fraction of sp³-hybridized carbons (Fsp3) is 0.286. The zero-order valence-electron chi connectivity index (χ0n) is 11.1. The van der Waals surface area contributed by atoms with Crippen molar-refractivity contribution in [3.05, 3.63) is 41.2 Å². The predicted octanol–water partition coefficient (Wildman–Crippen LogP) is 2.40. The van der Waals surface area contributed by atoms with E-state index in [1.165, 1.54) is 23.1 Å². The van der Waals surface area contributed by atoms with Crippen LogP contribution in [0, 0.1) is 5.82 Å². The lowest BCUT2D eigenvalue weighted by molar-refractivity contribution is -0.131. The number of rotatable bonds is 4. The van der Waals surface area contributed by atoms with Crippen LogP contribution in [0.25, 0.3) is 6.08 Å². The molecule has 19 heavy (non-hydrogen) atoms. The van der Waals surface area contributed by atoms with Gasteiger partial charge in [-0.1, -0.05) is 6.07 Å². The molecule has 0 fully saturated rings. The van der Waals surface area contributed by atoms with Gasteiger partial charge in [0.05, 0.1) is 5.56 Å². The number of aliphatic carboxylic acids is 1. The zero-order chi connectivity index (χ0) is 14.6. The molecule has 5 heteroatoms. The monoisotopic (exact) mass is 265 g/mol. The van der Waals surface area contributed by atoms with Gasteiger partial charge in [0, 0.05) is 19.2 Å². The molecule has 0 radical (unpaired) electrons. The quantitative estimate of drug-likeness (QED) is 0.850. The van der Waals surface area contributed by atoms with Gasteiger partial charge in [-0.15, -0.1) is 0 Å². The van der Waals surface area contributed by atoms with E-state index in [2.05, 4.69) is 0 Å². The molecule has 1 aromatic carbocycles. The van der Waals surface area contributed by atoms with Gasteiger partial charge in [-0.2, -0.15) is 0 Å². The third-order valence-electron chi connectivity index (χ3n) is 2.73. The molecule has 0 atom stereocenters. The molecule has 1 rings (SSSR count). The normalized spacial score (nSPS) is 11.0. The van der Waals surface area contributed by atoms with E-state index in [4.69, 9.17) is 5.11 Å². The Bertz CT molecular complexity index is 523. The highest BCUT2D eigenvalue weighted by Gasteiger charge is 2.18. The maximum absolute atomic E-state index is 13.7. The smallest absolute Gasteiger partial charge is 0.328 e. The van der Waals surface area contributed by atoms with Crippen molar-refractivity contribution >= 4 is 18.0 Å². The van der Waals surface area contributed by atoms with E-state index in [1.807, 2.05) is 13.8 Å². The number of hydrogen-bond donors (Lipinski definition) is 1.